The highest BCUT2D eigenvalue weighted by Gasteiger charge is 2.30. The predicted octanol–water partition coefficient (Wildman–Crippen LogP) is 5.46. The largest absolute Gasteiger partial charge is 0.416 e. The molecule has 0 spiro atoms. The molecule has 0 aliphatic rings. The molecular formula is C16H11Cl2F3O2. The maximum absolute atomic E-state index is 12.1. The summed E-state index contributed by atoms with van der Waals surface area (Å²) in [5, 5.41) is -1.30. The monoisotopic (exact) mass is 362 g/mol. The van der Waals surface area contributed by atoms with Crippen LogP contribution in [0.2, 0.25) is 0 Å². The summed E-state index contributed by atoms with van der Waals surface area (Å²) in [5.74, 6) is 0. The zero-order chi connectivity index (χ0) is 17.6. The average Bonchev–Trinajstić information content (AvgIpc) is 2.47. The topological polar surface area (TPSA) is 34.1 Å². The molecule has 0 atom stereocenters. The molecule has 0 amide bonds. The van der Waals surface area contributed by atoms with E-state index < -0.39 is 22.2 Å². The SMILES string of the molecule is Cc1cccc(C(=O)Cl)c1.O=C(Cl)c1cccc(C(F)(F)F)c1. The van der Waals surface area contributed by atoms with Crippen molar-refractivity contribution in [2.45, 2.75) is 13.1 Å². The van der Waals surface area contributed by atoms with Gasteiger partial charge in [-0.25, -0.2) is 0 Å². The van der Waals surface area contributed by atoms with Gasteiger partial charge >= 0.3 is 6.18 Å². The van der Waals surface area contributed by atoms with Crippen molar-refractivity contribution in [3.63, 3.8) is 0 Å². The Morgan fingerprint density at radius 3 is 1.74 bits per heavy atom. The van der Waals surface area contributed by atoms with Crippen LogP contribution in [-0.4, -0.2) is 10.5 Å². The number of hydrogen-bond donors (Lipinski definition) is 0. The first-order valence-electron chi connectivity index (χ1n) is 6.25. The minimum Gasteiger partial charge on any atom is -0.276 e. The second-order valence-corrected chi connectivity index (χ2v) is 5.18. The van der Waals surface area contributed by atoms with Gasteiger partial charge in [0.2, 0.25) is 0 Å². The van der Waals surface area contributed by atoms with Crippen LogP contribution >= 0.6 is 23.2 Å². The molecule has 0 heterocycles. The Balaban J connectivity index is 0.000000238. The Kier molecular flexibility index (Phi) is 6.79. The Labute approximate surface area is 140 Å². The third-order valence-corrected chi connectivity index (χ3v) is 3.10. The van der Waals surface area contributed by atoms with Crippen molar-refractivity contribution in [2.24, 2.45) is 0 Å². The van der Waals surface area contributed by atoms with Crippen molar-refractivity contribution < 1.29 is 22.8 Å². The molecule has 2 aromatic carbocycles. The minimum atomic E-state index is -4.44. The van der Waals surface area contributed by atoms with Gasteiger partial charge in [0, 0.05) is 11.1 Å². The van der Waals surface area contributed by atoms with E-state index >= 15 is 0 Å². The number of rotatable bonds is 2. The van der Waals surface area contributed by atoms with E-state index in [2.05, 4.69) is 0 Å². The van der Waals surface area contributed by atoms with Crippen LogP contribution in [0.4, 0.5) is 13.2 Å². The maximum Gasteiger partial charge on any atom is 0.416 e. The molecule has 23 heavy (non-hydrogen) atoms. The summed E-state index contributed by atoms with van der Waals surface area (Å²) in [7, 11) is 0. The van der Waals surface area contributed by atoms with Gasteiger partial charge < -0.3 is 0 Å². The van der Waals surface area contributed by atoms with Crippen molar-refractivity contribution in [1.82, 2.24) is 0 Å². The van der Waals surface area contributed by atoms with E-state index in [1.54, 1.807) is 12.1 Å². The lowest BCUT2D eigenvalue weighted by atomic mass is 10.1. The highest BCUT2D eigenvalue weighted by molar-refractivity contribution is 6.68. The summed E-state index contributed by atoms with van der Waals surface area (Å²) in [6.45, 7) is 1.92. The number of alkyl halides is 3. The van der Waals surface area contributed by atoms with Gasteiger partial charge in [-0.3, -0.25) is 9.59 Å². The standard InChI is InChI=1S/C8H4ClF3O.C8H7ClO/c9-7(13)5-2-1-3-6(4-5)8(10,11)12;1-6-3-2-4-7(5-6)8(9)10/h1-4H;2-5H,1H3. The number of benzene rings is 2. The highest BCUT2D eigenvalue weighted by atomic mass is 35.5. The first-order chi connectivity index (χ1) is 10.6. The number of carbonyl (C=O) groups excluding carboxylic acids is 2. The first kappa shape index (κ1) is 19.2. The van der Waals surface area contributed by atoms with Crippen LogP contribution in [0.5, 0.6) is 0 Å². The van der Waals surface area contributed by atoms with Gasteiger partial charge in [0.25, 0.3) is 10.5 Å². The van der Waals surface area contributed by atoms with E-state index in [1.807, 2.05) is 19.1 Å². The summed E-state index contributed by atoms with van der Waals surface area (Å²) in [4.78, 5) is 21.1. The fraction of sp³-hybridized carbons (Fsp3) is 0.125. The van der Waals surface area contributed by atoms with Gasteiger partial charge in [-0.15, -0.1) is 0 Å². The van der Waals surface area contributed by atoms with Gasteiger partial charge in [0.15, 0.2) is 0 Å². The normalized spacial score (nSPS) is 10.5. The smallest absolute Gasteiger partial charge is 0.276 e. The quantitative estimate of drug-likeness (QED) is 0.664. The minimum absolute atomic E-state index is 0.156. The molecule has 0 saturated carbocycles. The molecule has 2 nitrogen and oxygen atoms in total. The van der Waals surface area contributed by atoms with Crippen molar-refractivity contribution in [1.29, 1.82) is 0 Å². The second-order valence-electron chi connectivity index (χ2n) is 4.50. The molecule has 0 radical (unpaired) electrons. The van der Waals surface area contributed by atoms with Crippen molar-refractivity contribution in [3.05, 3.63) is 70.8 Å². The van der Waals surface area contributed by atoms with Gasteiger partial charge in [-0.05, 0) is 48.3 Å². The number of carbonyl (C=O) groups is 2. The zero-order valence-electron chi connectivity index (χ0n) is 11.8. The van der Waals surface area contributed by atoms with E-state index in [0.29, 0.717) is 5.56 Å². The lowest BCUT2D eigenvalue weighted by molar-refractivity contribution is -0.137. The summed E-state index contributed by atoms with van der Waals surface area (Å²) < 4.78 is 36.2. The molecule has 2 rings (SSSR count). The van der Waals surface area contributed by atoms with Gasteiger partial charge in [-0.2, -0.15) is 13.2 Å². The zero-order valence-corrected chi connectivity index (χ0v) is 13.3. The molecular weight excluding hydrogens is 352 g/mol. The molecule has 0 fully saturated rings. The summed E-state index contributed by atoms with van der Waals surface area (Å²) in [6.07, 6.45) is -4.44. The molecule has 2 aromatic rings. The molecule has 0 aromatic heterocycles. The van der Waals surface area contributed by atoms with Crippen LogP contribution in [0.15, 0.2) is 48.5 Å². The number of aryl methyl sites for hydroxylation is 1. The summed E-state index contributed by atoms with van der Waals surface area (Å²) in [5.41, 5.74) is 0.573. The Bertz CT molecular complexity index is 712. The summed E-state index contributed by atoms with van der Waals surface area (Å²) >= 11 is 10.3. The van der Waals surface area contributed by atoms with Crippen LogP contribution in [0, 0.1) is 6.92 Å². The van der Waals surface area contributed by atoms with Crippen LogP contribution in [0.3, 0.4) is 0 Å². The molecule has 0 saturated heterocycles. The first-order valence-corrected chi connectivity index (χ1v) is 7.00. The predicted molar refractivity (Wildman–Crippen MR) is 83.0 cm³/mol. The van der Waals surface area contributed by atoms with Crippen LogP contribution in [0.25, 0.3) is 0 Å². The Hall–Kier alpha value is -1.85. The van der Waals surface area contributed by atoms with Crippen molar-refractivity contribution >= 4 is 33.7 Å². The molecule has 0 aliphatic heterocycles. The molecule has 0 N–H and O–H groups in total. The average molecular weight is 363 g/mol. The third kappa shape index (κ3) is 6.42. The van der Waals surface area contributed by atoms with Crippen LogP contribution in [-0.2, 0) is 6.18 Å². The molecule has 0 bridgehead atoms. The maximum atomic E-state index is 12.1. The van der Waals surface area contributed by atoms with E-state index in [4.69, 9.17) is 23.2 Å². The van der Waals surface area contributed by atoms with E-state index in [9.17, 15) is 22.8 Å². The van der Waals surface area contributed by atoms with Gasteiger partial charge in [0.05, 0.1) is 5.56 Å². The lowest BCUT2D eigenvalue weighted by Gasteiger charge is -2.06. The lowest BCUT2D eigenvalue weighted by Crippen LogP contribution is -2.05. The molecule has 122 valence electrons. The molecule has 0 unspecified atom stereocenters. The summed E-state index contributed by atoms with van der Waals surface area (Å²) in [6, 6.07) is 11.1. The Morgan fingerprint density at radius 2 is 1.35 bits per heavy atom. The number of halogens is 5. The van der Waals surface area contributed by atoms with E-state index in [1.165, 1.54) is 6.07 Å². The highest BCUT2D eigenvalue weighted by Crippen LogP contribution is 2.29. The molecule has 7 heteroatoms. The third-order valence-electron chi connectivity index (χ3n) is 2.66. The number of hydrogen-bond acceptors (Lipinski definition) is 2. The van der Waals surface area contributed by atoms with E-state index in [0.717, 1.165) is 23.8 Å². The van der Waals surface area contributed by atoms with Crippen molar-refractivity contribution in [2.75, 3.05) is 0 Å². The van der Waals surface area contributed by atoms with Gasteiger partial charge in [0.1, 0.15) is 0 Å². The Morgan fingerprint density at radius 1 is 0.870 bits per heavy atom. The van der Waals surface area contributed by atoms with Crippen LogP contribution in [0.1, 0.15) is 31.8 Å². The van der Waals surface area contributed by atoms with Gasteiger partial charge in [-0.1, -0.05) is 35.9 Å². The second kappa shape index (κ2) is 8.13. The van der Waals surface area contributed by atoms with E-state index in [-0.39, 0.29) is 5.56 Å². The van der Waals surface area contributed by atoms with Crippen LogP contribution < -0.4 is 0 Å². The molecule has 0 aliphatic carbocycles. The fourth-order valence-corrected chi connectivity index (χ4v) is 1.82. The fourth-order valence-electron chi connectivity index (χ4n) is 1.59. The van der Waals surface area contributed by atoms with Crippen molar-refractivity contribution in [3.8, 4) is 0 Å².